The highest BCUT2D eigenvalue weighted by molar-refractivity contribution is 8.03. The van der Waals surface area contributed by atoms with Gasteiger partial charge in [-0.05, 0) is 96.7 Å². The number of hydrogen-bond acceptors (Lipinski definition) is 19. The number of carboxylic acid groups (broad SMARTS) is 3. The largest absolute Gasteiger partial charge is 0.486 e. The molecule has 7 rings (SSSR count). The van der Waals surface area contributed by atoms with Crippen molar-refractivity contribution in [3.8, 4) is 63.9 Å². The van der Waals surface area contributed by atoms with Crippen LogP contribution in [0.15, 0.2) is 102 Å². The molecule has 0 aliphatic carbocycles. The summed E-state index contributed by atoms with van der Waals surface area (Å²) < 4.78 is 21.7. The van der Waals surface area contributed by atoms with E-state index < -0.39 is 31.1 Å². The van der Waals surface area contributed by atoms with Crippen LogP contribution in [0.25, 0.3) is 0 Å². The fourth-order valence-electron chi connectivity index (χ4n) is 8.10. The minimum absolute atomic E-state index is 0.101. The number of aldehydes is 4. The molecular formula is C60H49N7O14S. The Morgan fingerprint density at radius 1 is 0.512 bits per heavy atom. The number of thiocyanates is 1. The highest BCUT2D eigenvalue weighted by Gasteiger charge is 2.21. The number of aliphatic carboxylic acids is 2. The summed E-state index contributed by atoms with van der Waals surface area (Å²) in [6.07, 6.45) is 2.34. The Kier molecular flexibility index (Phi) is 21.9. The summed E-state index contributed by atoms with van der Waals surface area (Å²) >= 11 is 1.02. The maximum absolute atomic E-state index is 12.4. The van der Waals surface area contributed by atoms with Crippen LogP contribution in [0.3, 0.4) is 0 Å². The lowest BCUT2D eigenvalue weighted by Crippen LogP contribution is -2.36. The van der Waals surface area contributed by atoms with Crippen LogP contribution >= 0.6 is 11.8 Å². The van der Waals surface area contributed by atoms with Crippen LogP contribution in [0.2, 0.25) is 0 Å². The van der Waals surface area contributed by atoms with E-state index in [0.717, 1.165) is 16.7 Å². The average Bonchev–Trinajstić information content (AvgIpc) is 3.72. The first-order chi connectivity index (χ1) is 39.8. The number of carboxylic acids is 3. The first-order valence-corrected chi connectivity index (χ1v) is 25.8. The van der Waals surface area contributed by atoms with Crippen LogP contribution in [0.1, 0.15) is 81.9 Å². The standard InChI is InChI=1S/C60H49N7O14S/c61-40-82-54-13-5-41(6-14-54)1-2-44-27-49(64-55(30-44)60(76)77)35-67-19-17-65(33-47-25-42(28-50(36-70)62-47)3-7-45-10-12-53(80-38-58(72)73)32-56(45)79-24-22-69)15-16-66(18-20-67)34-48-26-43(29-51(37-71)63-48)4-8-46-9-11-52(78-23-21-68)31-57(46)81-39-59(74)75/h5-6,9-14,21-22,25-32,36-37H,15-20,23-24,33-35,38-39H2,(H,72,73)(H,74,75)(H,76,77). The van der Waals surface area contributed by atoms with Gasteiger partial charge in [0.05, 0.1) is 28.2 Å². The SMILES string of the molecule is N#CSc1ccc(C#Cc2cc(CN3CCN(Cc4cc(C#Cc5ccc(OCC(=O)O)cc5OCC=O)cc(C=O)n4)CCN(Cc4cc(C#Cc5ccc(OCC=O)cc5OCC(=O)O)cc(C=O)n4)CC3)nc(C(=O)O)c2)cc1. The van der Waals surface area contributed by atoms with Gasteiger partial charge in [0.25, 0.3) is 0 Å². The molecule has 414 valence electrons. The highest BCUT2D eigenvalue weighted by Crippen LogP contribution is 2.27. The number of nitriles is 1. The predicted octanol–water partition coefficient (Wildman–Crippen LogP) is 4.87. The molecule has 0 radical (unpaired) electrons. The van der Waals surface area contributed by atoms with Crippen molar-refractivity contribution in [2.24, 2.45) is 0 Å². The summed E-state index contributed by atoms with van der Waals surface area (Å²) in [6, 6.07) is 25.8. The number of aromatic carboxylic acids is 1. The molecule has 82 heavy (non-hydrogen) atoms. The number of carbonyl (C=O) groups is 7. The van der Waals surface area contributed by atoms with Gasteiger partial charge in [0, 0.05) is 98.2 Å². The number of carbonyl (C=O) groups excluding carboxylic acids is 4. The molecule has 21 nitrogen and oxygen atoms in total. The number of nitrogens with zero attached hydrogens (tertiary/aromatic N) is 7. The molecule has 1 saturated heterocycles. The van der Waals surface area contributed by atoms with Crippen molar-refractivity contribution in [1.29, 1.82) is 5.26 Å². The lowest BCUT2D eigenvalue weighted by atomic mass is 10.1. The van der Waals surface area contributed by atoms with Crippen molar-refractivity contribution in [2.75, 3.05) is 65.7 Å². The number of hydrogen-bond donors (Lipinski definition) is 3. The lowest BCUT2D eigenvalue weighted by molar-refractivity contribution is -0.140. The summed E-state index contributed by atoms with van der Waals surface area (Å²) in [5, 5.41) is 39.6. The molecule has 1 aliphatic rings. The van der Waals surface area contributed by atoms with Gasteiger partial charge < -0.3 is 34.3 Å². The molecule has 0 atom stereocenters. The van der Waals surface area contributed by atoms with E-state index in [1.807, 2.05) is 5.40 Å². The van der Waals surface area contributed by atoms with Gasteiger partial charge in [-0.1, -0.05) is 35.5 Å². The molecule has 0 spiro atoms. The Bertz CT molecular complexity index is 3610. The van der Waals surface area contributed by atoms with Crippen molar-refractivity contribution in [3.63, 3.8) is 0 Å². The molecule has 0 amide bonds. The lowest BCUT2D eigenvalue weighted by Gasteiger charge is -2.25. The van der Waals surface area contributed by atoms with Gasteiger partial charge in [-0.3, -0.25) is 33.9 Å². The van der Waals surface area contributed by atoms with Crippen LogP contribution in [0.4, 0.5) is 0 Å². The minimum Gasteiger partial charge on any atom is -0.486 e. The van der Waals surface area contributed by atoms with Crippen LogP contribution in [-0.2, 0) is 38.8 Å². The zero-order chi connectivity index (χ0) is 58.2. The number of ether oxygens (including phenoxy) is 4. The molecule has 1 fully saturated rings. The van der Waals surface area contributed by atoms with Crippen molar-refractivity contribution in [2.45, 2.75) is 24.5 Å². The van der Waals surface area contributed by atoms with Gasteiger partial charge in [0.1, 0.15) is 58.7 Å². The predicted molar refractivity (Wildman–Crippen MR) is 294 cm³/mol. The van der Waals surface area contributed by atoms with E-state index in [1.54, 1.807) is 60.7 Å². The second kappa shape index (κ2) is 30.2. The first-order valence-electron chi connectivity index (χ1n) is 24.9. The second-order valence-corrected chi connectivity index (χ2v) is 18.6. The second-order valence-electron chi connectivity index (χ2n) is 17.7. The molecule has 3 aromatic heterocycles. The molecule has 6 aromatic rings. The van der Waals surface area contributed by atoms with Crippen molar-refractivity contribution >= 4 is 54.8 Å². The minimum atomic E-state index is -1.23. The summed E-state index contributed by atoms with van der Waals surface area (Å²) in [6.45, 7) is 1.77. The molecule has 4 heterocycles. The molecule has 3 aromatic carbocycles. The van der Waals surface area contributed by atoms with Crippen molar-refractivity contribution in [3.05, 3.63) is 165 Å². The zero-order valence-electron chi connectivity index (χ0n) is 43.6. The third-order valence-corrected chi connectivity index (χ3v) is 12.4. The third kappa shape index (κ3) is 18.7. The maximum Gasteiger partial charge on any atom is 0.354 e. The highest BCUT2D eigenvalue weighted by atomic mass is 32.2. The van der Waals surface area contributed by atoms with Crippen molar-refractivity contribution < 1.29 is 67.8 Å². The van der Waals surface area contributed by atoms with E-state index in [0.29, 0.717) is 115 Å². The molecule has 3 N–H and O–H groups in total. The smallest absolute Gasteiger partial charge is 0.354 e. The normalized spacial score (nSPS) is 12.5. The number of thioether (sulfide) groups is 1. The Morgan fingerprint density at radius 3 is 1.43 bits per heavy atom. The number of benzene rings is 3. The summed E-state index contributed by atoms with van der Waals surface area (Å²) in [5.41, 5.74) is 4.15. The topological polar surface area (TPSA) is 289 Å². The Hall–Kier alpha value is -10.2. The Balaban J connectivity index is 1.19. The monoisotopic (exact) mass is 1120 g/mol. The van der Waals surface area contributed by atoms with Gasteiger partial charge >= 0.3 is 17.9 Å². The third-order valence-electron chi connectivity index (χ3n) is 11.8. The number of rotatable bonds is 22. The molecular weight excluding hydrogens is 1070 g/mol. The molecule has 0 bridgehead atoms. The van der Waals surface area contributed by atoms with E-state index in [-0.39, 0.29) is 72.9 Å². The van der Waals surface area contributed by atoms with Crippen LogP contribution in [0, 0.1) is 46.2 Å². The summed E-state index contributed by atoms with van der Waals surface area (Å²) in [7, 11) is 0. The van der Waals surface area contributed by atoms with Gasteiger partial charge in [0.2, 0.25) is 0 Å². The van der Waals surface area contributed by atoms with Crippen LogP contribution < -0.4 is 18.9 Å². The van der Waals surface area contributed by atoms with E-state index in [4.69, 9.17) is 29.3 Å². The first kappa shape index (κ1) is 59.5. The van der Waals surface area contributed by atoms with Crippen LogP contribution in [0.5, 0.6) is 23.0 Å². The Labute approximate surface area is 474 Å². The van der Waals surface area contributed by atoms with E-state index >= 15 is 0 Å². The zero-order valence-corrected chi connectivity index (χ0v) is 44.4. The fraction of sp³-hybridized carbons (Fsp3) is 0.217. The Morgan fingerprint density at radius 2 is 0.951 bits per heavy atom. The van der Waals surface area contributed by atoms with Crippen molar-refractivity contribution in [1.82, 2.24) is 29.7 Å². The average molecular weight is 1120 g/mol. The number of aromatic nitrogens is 3. The van der Waals surface area contributed by atoms with Gasteiger partial charge in [-0.25, -0.2) is 29.3 Å². The summed E-state index contributed by atoms with van der Waals surface area (Å²) in [4.78, 5) is 103. The maximum atomic E-state index is 12.4. The molecule has 22 heteroatoms. The van der Waals surface area contributed by atoms with Gasteiger partial charge in [0.15, 0.2) is 38.4 Å². The van der Waals surface area contributed by atoms with Gasteiger partial charge in [-0.15, -0.1) is 0 Å². The van der Waals surface area contributed by atoms with E-state index in [9.17, 15) is 43.8 Å². The fourth-order valence-corrected chi connectivity index (χ4v) is 8.47. The quantitative estimate of drug-likeness (QED) is 0.0354. The molecule has 1 aliphatic heterocycles. The molecule has 0 saturated carbocycles. The van der Waals surface area contributed by atoms with E-state index in [1.165, 1.54) is 36.4 Å². The van der Waals surface area contributed by atoms with Crippen LogP contribution in [-0.4, -0.2) is 154 Å². The van der Waals surface area contributed by atoms with E-state index in [2.05, 4.69) is 65.2 Å². The summed E-state index contributed by atoms with van der Waals surface area (Å²) in [5.74, 6) is 15.3. The number of pyridine rings is 3. The van der Waals surface area contributed by atoms with Gasteiger partial charge in [-0.2, -0.15) is 5.26 Å². The molecule has 0 unspecified atom stereocenters.